The molecule has 0 aliphatic carbocycles. The van der Waals surface area contributed by atoms with Gasteiger partial charge in [0.25, 0.3) is 0 Å². The van der Waals surface area contributed by atoms with Gasteiger partial charge >= 0.3 is 0 Å². The quantitative estimate of drug-likeness (QED) is 0.645. The molecule has 3 nitrogen and oxygen atoms in total. The number of piperidine rings is 1. The van der Waals surface area contributed by atoms with Crippen LogP contribution in [0.3, 0.4) is 0 Å². The predicted octanol–water partition coefficient (Wildman–Crippen LogP) is 3.23. The Balaban J connectivity index is 1.60. The molecular weight excluding hydrogens is 285 g/mol. The number of rotatable bonds is 5. The van der Waals surface area contributed by atoms with E-state index in [2.05, 4.69) is 22.5 Å². The highest BCUT2D eigenvalue weighted by Gasteiger charge is 2.14. The van der Waals surface area contributed by atoms with Gasteiger partial charge in [-0.15, -0.1) is 0 Å². The van der Waals surface area contributed by atoms with Crippen molar-refractivity contribution >= 4 is 23.0 Å². The number of halogens is 1. The molecule has 1 saturated heterocycles. The lowest BCUT2D eigenvalue weighted by Gasteiger charge is -2.30. The van der Waals surface area contributed by atoms with Crippen molar-refractivity contribution in [1.82, 2.24) is 10.2 Å². The van der Waals surface area contributed by atoms with Crippen molar-refractivity contribution in [1.29, 1.82) is 0 Å². The number of anilines is 1. The highest BCUT2D eigenvalue weighted by molar-refractivity contribution is 7.80. The van der Waals surface area contributed by atoms with Crippen molar-refractivity contribution in [3.8, 4) is 0 Å². The van der Waals surface area contributed by atoms with E-state index in [9.17, 15) is 4.39 Å². The summed E-state index contributed by atoms with van der Waals surface area (Å²) in [6.07, 6.45) is 3.66. The van der Waals surface area contributed by atoms with Gasteiger partial charge in [-0.1, -0.05) is 19.1 Å². The molecule has 2 rings (SSSR count). The predicted molar refractivity (Wildman–Crippen MR) is 90.1 cm³/mol. The zero-order valence-electron chi connectivity index (χ0n) is 12.6. The fourth-order valence-electron chi connectivity index (χ4n) is 2.52. The maximum atomic E-state index is 13.5. The Bertz CT molecular complexity index is 459. The minimum atomic E-state index is -0.288. The molecule has 116 valence electrons. The van der Waals surface area contributed by atoms with Gasteiger partial charge in [-0.3, -0.25) is 0 Å². The van der Waals surface area contributed by atoms with E-state index in [1.165, 1.54) is 32.0 Å². The summed E-state index contributed by atoms with van der Waals surface area (Å²) in [4.78, 5) is 2.51. The normalized spacial score (nSPS) is 16.7. The van der Waals surface area contributed by atoms with Gasteiger partial charge in [0.15, 0.2) is 5.11 Å². The van der Waals surface area contributed by atoms with Gasteiger partial charge < -0.3 is 15.5 Å². The third-order valence-corrected chi connectivity index (χ3v) is 4.18. The summed E-state index contributed by atoms with van der Waals surface area (Å²) in [6.45, 7) is 6.65. The molecule has 0 unspecified atom stereocenters. The van der Waals surface area contributed by atoms with E-state index in [0.717, 1.165) is 25.4 Å². The van der Waals surface area contributed by atoms with Crippen LogP contribution in [0.4, 0.5) is 10.1 Å². The number of para-hydroxylation sites is 1. The zero-order chi connectivity index (χ0) is 15.1. The number of likely N-dealkylation sites (tertiary alicyclic amines) is 1. The highest BCUT2D eigenvalue weighted by Crippen LogP contribution is 2.15. The summed E-state index contributed by atoms with van der Waals surface area (Å²) >= 11 is 5.18. The second-order valence-electron chi connectivity index (χ2n) is 5.74. The molecule has 5 heteroatoms. The average Bonchev–Trinajstić information content (AvgIpc) is 2.48. The van der Waals surface area contributed by atoms with Crippen molar-refractivity contribution in [3.05, 3.63) is 30.1 Å². The molecule has 0 atom stereocenters. The van der Waals surface area contributed by atoms with Crippen LogP contribution in [0.15, 0.2) is 24.3 Å². The third kappa shape index (κ3) is 5.59. The van der Waals surface area contributed by atoms with E-state index in [-0.39, 0.29) is 5.82 Å². The van der Waals surface area contributed by atoms with Gasteiger partial charge in [-0.25, -0.2) is 4.39 Å². The van der Waals surface area contributed by atoms with Crippen LogP contribution in [-0.4, -0.2) is 36.2 Å². The first kappa shape index (κ1) is 16.2. The molecule has 2 N–H and O–H groups in total. The van der Waals surface area contributed by atoms with Crippen LogP contribution in [0.1, 0.15) is 26.2 Å². The number of nitrogens with one attached hydrogen (secondary N) is 2. The van der Waals surface area contributed by atoms with Crippen LogP contribution >= 0.6 is 12.2 Å². The first-order valence-electron chi connectivity index (χ1n) is 7.67. The Kier molecular flexibility index (Phi) is 6.39. The molecule has 0 radical (unpaired) electrons. The topological polar surface area (TPSA) is 27.3 Å². The number of hydrogen-bond acceptors (Lipinski definition) is 2. The molecular formula is C16H24FN3S. The second kappa shape index (κ2) is 8.29. The summed E-state index contributed by atoms with van der Waals surface area (Å²) < 4.78 is 13.5. The summed E-state index contributed by atoms with van der Waals surface area (Å²) in [5, 5.41) is 6.50. The Morgan fingerprint density at radius 2 is 2.05 bits per heavy atom. The Hall–Kier alpha value is -1.20. The summed E-state index contributed by atoms with van der Waals surface area (Å²) in [5.74, 6) is 0.584. The van der Waals surface area contributed by atoms with Crippen LogP contribution in [0.25, 0.3) is 0 Å². The fourth-order valence-corrected chi connectivity index (χ4v) is 2.73. The number of nitrogens with zero attached hydrogens (tertiary/aromatic N) is 1. The van der Waals surface area contributed by atoms with Gasteiger partial charge in [0.1, 0.15) is 5.82 Å². The molecule has 1 heterocycles. The molecule has 1 aromatic carbocycles. The van der Waals surface area contributed by atoms with Gasteiger partial charge in [-0.2, -0.15) is 0 Å². The summed E-state index contributed by atoms with van der Waals surface area (Å²) in [6, 6.07) is 6.54. The minimum absolute atomic E-state index is 0.288. The average molecular weight is 309 g/mol. The number of thiocarbonyl (C=S) groups is 1. The highest BCUT2D eigenvalue weighted by atomic mass is 32.1. The Morgan fingerprint density at radius 1 is 1.33 bits per heavy atom. The smallest absolute Gasteiger partial charge is 0.170 e. The van der Waals surface area contributed by atoms with Crippen LogP contribution < -0.4 is 10.6 Å². The van der Waals surface area contributed by atoms with Crippen LogP contribution in [-0.2, 0) is 0 Å². The van der Waals surface area contributed by atoms with Crippen LogP contribution in [0, 0.1) is 11.7 Å². The maximum Gasteiger partial charge on any atom is 0.170 e. The molecule has 1 aliphatic heterocycles. The number of benzene rings is 1. The minimum Gasteiger partial charge on any atom is -0.362 e. The summed E-state index contributed by atoms with van der Waals surface area (Å²) in [5.41, 5.74) is 0.417. The lowest BCUT2D eigenvalue weighted by molar-refractivity contribution is 0.191. The summed E-state index contributed by atoms with van der Waals surface area (Å²) in [7, 11) is 0. The van der Waals surface area contributed by atoms with E-state index >= 15 is 0 Å². The van der Waals surface area contributed by atoms with Gasteiger partial charge in [0, 0.05) is 6.54 Å². The largest absolute Gasteiger partial charge is 0.362 e. The molecule has 21 heavy (non-hydrogen) atoms. The molecule has 0 saturated carbocycles. The van der Waals surface area contributed by atoms with Gasteiger partial charge in [0.2, 0.25) is 0 Å². The van der Waals surface area contributed by atoms with E-state index < -0.39 is 0 Å². The monoisotopic (exact) mass is 309 g/mol. The standard InChI is InChI=1S/C16H24FN3S/c1-13-7-11-20(12-8-13)10-4-9-18-16(21)19-15-6-3-2-5-14(15)17/h2-3,5-6,13H,4,7-12H2,1H3,(H2,18,19,21). The third-order valence-electron chi connectivity index (χ3n) is 3.93. The molecule has 0 spiro atoms. The Morgan fingerprint density at radius 3 is 2.76 bits per heavy atom. The van der Waals surface area contributed by atoms with E-state index in [4.69, 9.17) is 12.2 Å². The van der Waals surface area contributed by atoms with Gasteiger partial charge in [-0.05, 0) is 69.2 Å². The van der Waals surface area contributed by atoms with Crippen LogP contribution in [0.5, 0.6) is 0 Å². The lowest BCUT2D eigenvalue weighted by atomic mass is 9.99. The molecule has 0 aromatic heterocycles. The molecule has 1 aromatic rings. The van der Waals surface area contributed by atoms with E-state index in [1.54, 1.807) is 18.2 Å². The second-order valence-corrected chi connectivity index (χ2v) is 6.15. The fraction of sp³-hybridized carbons (Fsp3) is 0.562. The SMILES string of the molecule is CC1CCN(CCCNC(=S)Nc2ccccc2F)CC1. The number of hydrogen-bond donors (Lipinski definition) is 2. The Labute approximate surface area is 131 Å². The maximum absolute atomic E-state index is 13.5. The van der Waals surface area contributed by atoms with Crippen molar-refractivity contribution in [2.24, 2.45) is 5.92 Å². The van der Waals surface area contributed by atoms with E-state index in [0.29, 0.717) is 10.8 Å². The van der Waals surface area contributed by atoms with E-state index in [1.807, 2.05) is 0 Å². The molecule has 0 bridgehead atoms. The van der Waals surface area contributed by atoms with Gasteiger partial charge in [0.05, 0.1) is 5.69 Å². The first-order chi connectivity index (χ1) is 10.1. The van der Waals surface area contributed by atoms with Crippen LogP contribution in [0.2, 0.25) is 0 Å². The first-order valence-corrected chi connectivity index (χ1v) is 8.07. The zero-order valence-corrected chi connectivity index (χ0v) is 13.4. The molecule has 1 fully saturated rings. The van der Waals surface area contributed by atoms with Crippen molar-refractivity contribution in [2.45, 2.75) is 26.2 Å². The van der Waals surface area contributed by atoms with Crippen molar-refractivity contribution in [2.75, 3.05) is 31.5 Å². The van der Waals surface area contributed by atoms with Crippen molar-refractivity contribution in [3.63, 3.8) is 0 Å². The van der Waals surface area contributed by atoms with Crippen molar-refractivity contribution < 1.29 is 4.39 Å². The lowest BCUT2D eigenvalue weighted by Crippen LogP contribution is -2.36. The molecule has 0 amide bonds. The molecule has 1 aliphatic rings.